The zero-order valence-electron chi connectivity index (χ0n) is 30.5. The number of thioether (sulfide) groups is 1. The maximum atomic E-state index is 13.8. The number of quaternary nitrogens is 1. The lowest BCUT2D eigenvalue weighted by Gasteiger charge is -2.49. The minimum Gasteiger partial charge on any atom is -0.497 e. The first-order valence-electron chi connectivity index (χ1n) is 16.6. The molecule has 2 aromatic rings. The summed E-state index contributed by atoms with van der Waals surface area (Å²) >= 11 is 2.46. The van der Waals surface area contributed by atoms with Crippen LogP contribution in [0.15, 0.2) is 58.2 Å². The normalized spacial score (nSPS) is 21.8. The second kappa shape index (κ2) is 15.3. The van der Waals surface area contributed by atoms with Crippen LogP contribution in [0.3, 0.4) is 0 Å². The molecule has 17 heteroatoms. The van der Waals surface area contributed by atoms with E-state index in [1.807, 2.05) is 26.2 Å². The Morgan fingerprint density at radius 1 is 1.17 bits per heavy atom. The fraction of sp³-hybridized carbons (Fsp3) is 0.486. The van der Waals surface area contributed by atoms with E-state index < -0.39 is 46.4 Å². The Bertz CT molecular complexity index is 1800. The summed E-state index contributed by atoms with van der Waals surface area (Å²) in [7, 11) is 5.50. The van der Waals surface area contributed by atoms with Gasteiger partial charge in [0.15, 0.2) is 10.8 Å². The zero-order chi connectivity index (χ0) is 38.0. The summed E-state index contributed by atoms with van der Waals surface area (Å²) in [5, 5.41) is 7.78. The number of hydrogen-bond acceptors (Lipinski definition) is 14. The largest absolute Gasteiger partial charge is 0.497 e. The van der Waals surface area contributed by atoms with Crippen LogP contribution in [0.25, 0.3) is 0 Å². The van der Waals surface area contributed by atoms with Crippen molar-refractivity contribution in [3.05, 3.63) is 64.3 Å². The minimum absolute atomic E-state index is 0.0308. The van der Waals surface area contributed by atoms with Crippen LogP contribution in [-0.4, -0.2) is 106 Å². The van der Waals surface area contributed by atoms with Crippen LogP contribution < -0.4 is 15.8 Å². The molecule has 280 valence electrons. The molecule has 3 atom stereocenters. The van der Waals surface area contributed by atoms with Gasteiger partial charge in [0.2, 0.25) is 5.60 Å². The molecule has 0 aliphatic carbocycles. The van der Waals surface area contributed by atoms with E-state index in [-0.39, 0.29) is 34.9 Å². The summed E-state index contributed by atoms with van der Waals surface area (Å²) in [6.45, 7) is 8.85. The van der Waals surface area contributed by atoms with Gasteiger partial charge in [-0.25, -0.2) is 14.6 Å². The Morgan fingerprint density at radius 2 is 1.88 bits per heavy atom. The number of benzene rings is 1. The highest BCUT2D eigenvalue weighted by Gasteiger charge is 2.54. The fourth-order valence-electron chi connectivity index (χ4n) is 5.37. The van der Waals surface area contributed by atoms with E-state index in [1.54, 1.807) is 52.1 Å². The number of carbonyl (C=O) groups is 4. The summed E-state index contributed by atoms with van der Waals surface area (Å²) in [6, 6.07) is 6.07. The van der Waals surface area contributed by atoms with Crippen molar-refractivity contribution in [3.63, 3.8) is 0 Å². The number of anilines is 1. The van der Waals surface area contributed by atoms with Gasteiger partial charge in [-0.1, -0.05) is 23.4 Å². The number of nitrogens with one attached hydrogen (secondary N) is 1. The number of rotatable bonds is 12. The fourth-order valence-corrected chi connectivity index (χ4v) is 7.24. The third-order valence-corrected chi connectivity index (χ3v) is 10.1. The Kier molecular flexibility index (Phi) is 11.4. The van der Waals surface area contributed by atoms with Crippen LogP contribution in [0.2, 0.25) is 0 Å². The number of esters is 2. The molecule has 15 nitrogen and oxygen atoms in total. The highest BCUT2D eigenvalue weighted by molar-refractivity contribution is 8.00. The van der Waals surface area contributed by atoms with Crippen LogP contribution in [0.5, 0.6) is 5.75 Å². The molecule has 2 fully saturated rings. The Balaban J connectivity index is 1.36. The molecule has 3 aliphatic heterocycles. The molecule has 0 saturated carbocycles. The summed E-state index contributed by atoms with van der Waals surface area (Å²) in [5.74, 6) is -1.67. The highest BCUT2D eigenvalue weighted by Crippen LogP contribution is 2.41. The lowest BCUT2D eigenvalue weighted by molar-refractivity contribution is -1.06. The van der Waals surface area contributed by atoms with Gasteiger partial charge >= 0.3 is 11.9 Å². The molecule has 1 aromatic carbocycles. The molecule has 5 rings (SSSR count). The van der Waals surface area contributed by atoms with E-state index >= 15 is 0 Å². The van der Waals surface area contributed by atoms with Gasteiger partial charge in [0.1, 0.15) is 53.4 Å². The van der Waals surface area contributed by atoms with Gasteiger partial charge < -0.3 is 30.1 Å². The van der Waals surface area contributed by atoms with E-state index in [4.69, 9.17) is 29.6 Å². The molecule has 2 amide bonds. The topological polar surface area (TPSA) is 181 Å². The van der Waals surface area contributed by atoms with Gasteiger partial charge in [0.25, 0.3) is 11.8 Å². The molecule has 3 aliphatic rings. The van der Waals surface area contributed by atoms with Crippen molar-refractivity contribution in [2.24, 2.45) is 5.16 Å². The van der Waals surface area contributed by atoms with E-state index in [1.165, 1.54) is 35.9 Å². The molecular formula is C35H45N6O9S2+. The van der Waals surface area contributed by atoms with Crippen molar-refractivity contribution in [2.45, 2.75) is 76.4 Å². The molecule has 0 spiro atoms. The van der Waals surface area contributed by atoms with Gasteiger partial charge in [0, 0.05) is 17.6 Å². The number of amides is 2. The second-order valence-electron chi connectivity index (χ2n) is 14.4. The van der Waals surface area contributed by atoms with E-state index in [9.17, 15) is 19.2 Å². The van der Waals surface area contributed by atoms with Crippen LogP contribution >= 0.6 is 23.1 Å². The number of fused-ring (bicyclic) bond motifs is 1. The average Bonchev–Trinajstić information content (AvgIpc) is 3.67. The molecule has 1 aromatic heterocycles. The van der Waals surface area contributed by atoms with Crippen molar-refractivity contribution in [3.8, 4) is 5.75 Å². The van der Waals surface area contributed by atoms with Crippen molar-refractivity contribution in [2.75, 3.05) is 39.2 Å². The number of carbonyl (C=O) groups excluding carboxylic acids is 4. The number of ether oxygens (including phenoxy) is 3. The van der Waals surface area contributed by atoms with Gasteiger partial charge in [-0.15, -0.1) is 23.1 Å². The number of methoxy groups -OCH3 is 1. The number of hydrogen-bond donors (Lipinski definition) is 2. The lowest BCUT2D eigenvalue weighted by atomic mass is 10.0. The maximum Gasteiger partial charge on any atom is 0.355 e. The van der Waals surface area contributed by atoms with Gasteiger partial charge in [-0.3, -0.25) is 14.5 Å². The molecule has 2 saturated heterocycles. The Labute approximate surface area is 310 Å². The highest BCUT2D eigenvalue weighted by atomic mass is 32.2. The first-order chi connectivity index (χ1) is 24.4. The predicted molar refractivity (Wildman–Crippen MR) is 195 cm³/mol. The molecular weight excluding hydrogens is 713 g/mol. The standard InChI is InChI=1S/C35H44N6O9S2/c1-34(2,3)48-32(45)35(4,5)50-39-25(24-19-52-33(36)37-24)28(42)38-26-29(43)40-27(31(44)47-17-20-9-12-22(46-8)13-10-20)21(18-51-30(26)40)11-14-23-15-16-41(6,7)49-23/h9-14,19,23,26,30H,15-18H2,1-8H3,(H2-,36,37,38,42)/p+1/b14-11+,39-25-/t23?,26-,30-/m1/s1. The van der Waals surface area contributed by atoms with Crippen molar-refractivity contribution in [1.82, 2.24) is 15.2 Å². The third kappa shape index (κ3) is 9.12. The summed E-state index contributed by atoms with van der Waals surface area (Å²) < 4.78 is 16.8. The predicted octanol–water partition coefficient (Wildman–Crippen LogP) is 3.31. The maximum absolute atomic E-state index is 13.8. The number of β-lactam (4-membered cyclic amide) rings is 1. The average molecular weight is 758 g/mol. The lowest BCUT2D eigenvalue weighted by Crippen LogP contribution is -2.71. The van der Waals surface area contributed by atoms with Gasteiger partial charge in [-0.05, 0) is 64.0 Å². The third-order valence-electron chi connectivity index (χ3n) is 8.13. The number of thiazole rings is 1. The van der Waals surface area contributed by atoms with Crippen molar-refractivity contribution in [1.29, 1.82) is 0 Å². The molecule has 0 bridgehead atoms. The first-order valence-corrected chi connectivity index (χ1v) is 18.5. The summed E-state index contributed by atoms with van der Waals surface area (Å²) in [5.41, 5.74) is 4.70. The monoisotopic (exact) mass is 757 g/mol. The van der Waals surface area contributed by atoms with E-state index in [0.717, 1.165) is 29.9 Å². The Morgan fingerprint density at radius 3 is 2.48 bits per heavy atom. The number of hydroxylamine groups is 3. The number of oxime groups is 1. The van der Waals surface area contributed by atoms with Crippen molar-refractivity contribution < 1.29 is 47.7 Å². The van der Waals surface area contributed by atoms with Crippen molar-refractivity contribution >= 4 is 57.7 Å². The second-order valence-corrected chi connectivity index (χ2v) is 16.4. The van der Waals surface area contributed by atoms with Crippen LogP contribution in [-0.2, 0) is 44.9 Å². The number of nitrogens with two attached hydrogens (primary N) is 1. The zero-order valence-corrected chi connectivity index (χ0v) is 32.1. The van der Waals surface area contributed by atoms with E-state index in [2.05, 4.69) is 15.5 Å². The van der Waals surface area contributed by atoms with Gasteiger partial charge in [0.05, 0.1) is 21.2 Å². The number of nitrogens with zero attached hydrogens (tertiary/aromatic N) is 4. The molecule has 52 heavy (non-hydrogen) atoms. The number of allylic oxidation sites excluding steroid dienone is 1. The van der Waals surface area contributed by atoms with Crippen LogP contribution in [0, 0.1) is 0 Å². The molecule has 3 N–H and O–H groups in total. The quantitative estimate of drug-likeness (QED) is 0.106. The van der Waals surface area contributed by atoms with Crippen LogP contribution in [0.1, 0.15) is 52.3 Å². The smallest absolute Gasteiger partial charge is 0.355 e. The molecule has 1 unspecified atom stereocenters. The first kappa shape index (κ1) is 38.8. The molecule has 4 heterocycles. The number of nitrogen functional groups attached to an aromatic ring is 1. The van der Waals surface area contributed by atoms with Gasteiger partial charge in [-0.2, -0.15) is 9.48 Å². The van der Waals surface area contributed by atoms with Crippen LogP contribution in [0.4, 0.5) is 5.13 Å². The minimum atomic E-state index is -1.57. The number of aromatic nitrogens is 1. The summed E-state index contributed by atoms with van der Waals surface area (Å²) in [6.07, 6.45) is 4.34. The summed E-state index contributed by atoms with van der Waals surface area (Å²) in [4.78, 5) is 71.2. The SMILES string of the molecule is COc1ccc(COC(=O)C2=C(/C=C/C3CC[N+](C)(C)O3)CS[C@@H]3[C@H](NC(=O)/C(=N\OC(C)(C)C(=O)OC(C)(C)C)c4csc(N)n4)C(=O)N23)cc1. The van der Waals surface area contributed by atoms with E-state index in [0.29, 0.717) is 21.7 Å². The molecule has 0 radical (unpaired) electrons. The Hall–Kier alpha value is -4.45.